The fraction of sp³-hybridized carbons (Fsp3) is 0.400. The maximum absolute atomic E-state index is 12.1. The third kappa shape index (κ3) is 4.19. The summed E-state index contributed by atoms with van der Waals surface area (Å²) in [5, 5.41) is 11.5. The predicted molar refractivity (Wildman–Crippen MR) is 80.3 cm³/mol. The highest BCUT2D eigenvalue weighted by Gasteiger charge is 2.28. The molecule has 0 saturated heterocycles. The number of para-hydroxylation sites is 2. The van der Waals surface area contributed by atoms with E-state index in [1.807, 2.05) is 0 Å². The van der Waals surface area contributed by atoms with E-state index in [1.54, 1.807) is 24.3 Å². The van der Waals surface area contributed by atoms with E-state index in [1.165, 1.54) is 12.0 Å². The number of hydrogen-bond donors (Lipinski definition) is 2. The number of anilines is 1. The van der Waals surface area contributed by atoms with Crippen molar-refractivity contribution in [3.8, 4) is 5.75 Å². The average Bonchev–Trinajstić information content (AvgIpc) is 2.54. The fourth-order valence-corrected chi connectivity index (χ4v) is 2.20. The highest BCUT2D eigenvalue weighted by atomic mass is 16.5. The molecule has 0 spiro atoms. The molecule has 8 heteroatoms. The number of carbonyl (C=O) groups is 3. The van der Waals surface area contributed by atoms with Crippen LogP contribution >= 0.6 is 0 Å². The molecule has 1 heterocycles. The van der Waals surface area contributed by atoms with Gasteiger partial charge in [-0.1, -0.05) is 12.1 Å². The topological polar surface area (TPSA) is 105 Å². The zero-order valence-electron chi connectivity index (χ0n) is 12.7. The summed E-state index contributed by atoms with van der Waals surface area (Å²) in [7, 11) is 1.45. The van der Waals surface area contributed by atoms with Crippen LogP contribution in [0.4, 0.5) is 5.69 Å². The number of rotatable bonds is 7. The Morgan fingerprint density at radius 2 is 2.17 bits per heavy atom. The van der Waals surface area contributed by atoms with Crippen molar-refractivity contribution >= 4 is 23.5 Å². The first kappa shape index (κ1) is 16.8. The summed E-state index contributed by atoms with van der Waals surface area (Å²) >= 11 is 0. The Hall–Kier alpha value is -2.61. The molecule has 1 aromatic rings. The SMILES string of the molecule is COCCC(NC(=O)CN1C(=O)COc2ccccc21)C(=O)O. The van der Waals surface area contributed by atoms with E-state index in [0.717, 1.165) is 0 Å². The van der Waals surface area contributed by atoms with E-state index >= 15 is 0 Å². The van der Waals surface area contributed by atoms with Crippen molar-refractivity contribution in [2.45, 2.75) is 12.5 Å². The van der Waals surface area contributed by atoms with Gasteiger partial charge in [0.05, 0.1) is 5.69 Å². The number of fused-ring (bicyclic) bond motifs is 1. The molecule has 23 heavy (non-hydrogen) atoms. The average molecular weight is 322 g/mol. The smallest absolute Gasteiger partial charge is 0.326 e. The van der Waals surface area contributed by atoms with Gasteiger partial charge in [0.2, 0.25) is 5.91 Å². The number of amides is 2. The van der Waals surface area contributed by atoms with Crippen LogP contribution in [-0.4, -0.2) is 55.8 Å². The number of nitrogens with one attached hydrogen (secondary N) is 1. The second-order valence-corrected chi connectivity index (χ2v) is 4.98. The van der Waals surface area contributed by atoms with Gasteiger partial charge in [-0.05, 0) is 12.1 Å². The minimum absolute atomic E-state index is 0.144. The second-order valence-electron chi connectivity index (χ2n) is 4.98. The zero-order chi connectivity index (χ0) is 16.8. The standard InChI is InChI=1S/C15H18N2O6/c1-22-7-6-10(15(20)21)16-13(18)8-17-11-4-2-3-5-12(11)23-9-14(17)19/h2-5,10H,6-9H2,1H3,(H,16,18)(H,20,21). The number of carbonyl (C=O) groups excluding carboxylic acids is 2. The lowest BCUT2D eigenvalue weighted by Crippen LogP contribution is -2.49. The highest BCUT2D eigenvalue weighted by molar-refractivity contribution is 6.02. The number of methoxy groups -OCH3 is 1. The van der Waals surface area contributed by atoms with Crippen molar-refractivity contribution in [1.29, 1.82) is 0 Å². The molecule has 0 fully saturated rings. The first-order valence-corrected chi connectivity index (χ1v) is 7.06. The molecule has 0 aromatic heterocycles. The largest absolute Gasteiger partial charge is 0.482 e. The van der Waals surface area contributed by atoms with Crippen molar-refractivity contribution in [3.05, 3.63) is 24.3 Å². The van der Waals surface area contributed by atoms with Crippen LogP contribution in [0.1, 0.15) is 6.42 Å². The third-order valence-corrected chi connectivity index (χ3v) is 3.35. The third-order valence-electron chi connectivity index (χ3n) is 3.35. The summed E-state index contributed by atoms with van der Waals surface area (Å²) in [4.78, 5) is 36.5. The van der Waals surface area contributed by atoms with E-state index in [9.17, 15) is 14.4 Å². The molecule has 1 aliphatic heterocycles. The predicted octanol–water partition coefficient (Wildman–Crippen LogP) is 0.0179. The number of carboxylic acids is 1. The number of ether oxygens (including phenoxy) is 2. The van der Waals surface area contributed by atoms with Gasteiger partial charge in [0, 0.05) is 20.1 Å². The Labute approximate surface area is 133 Å². The van der Waals surface area contributed by atoms with Gasteiger partial charge in [-0.15, -0.1) is 0 Å². The van der Waals surface area contributed by atoms with Gasteiger partial charge in [0.15, 0.2) is 6.61 Å². The molecule has 0 bridgehead atoms. The first-order chi connectivity index (χ1) is 11.0. The van der Waals surface area contributed by atoms with Crippen molar-refractivity contribution in [2.75, 3.05) is 31.8 Å². The molecule has 0 radical (unpaired) electrons. The van der Waals surface area contributed by atoms with Crippen LogP contribution in [0.5, 0.6) is 5.75 Å². The Kier molecular flexibility index (Phi) is 5.53. The van der Waals surface area contributed by atoms with E-state index < -0.39 is 17.9 Å². The van der Waals surface area contributed by atoms with Crippen LogP contribution in [0.2, 0.25) is 0 Å². The summed E-state index contributed by atoms with van der Waals surface area (Å²) < 4.78 is 10.1. The Bertz CT molecular complexity index is 603. The molecule has 2 N–H and O–H groups in total. The van der Waals surface area contributed by atoms with Crippen LogP contribution < -0.4 is 15.0 Å². The summed E-state index contributed by atoms with van der Waals surface area (Å²) in [5.41, 5.74) is 0.489. The normalized spacial score (nSPS) is 14.7. The van der Waals surface area contributed by atoms with E-state index in [-0.39, 0.29) is 32.1 Å². The molecule has 1 aromatic carbocycles. The molecule has 1 atom stereocenters. The molecular weight excluding hydrogens is 304 g/mol. The number of carboxylic acid groups (broad SMARTS) is 1. The quantitative estimate of drug-likeness (QED) is 0.733. The van der Waals surface area contributed by atoms with Gasteiger partial charge in [-0.3, -0.25) is 14.5 Å². The van der Waals surface area contributed by atoms with Gasteiger partial charge >= 0.3 is 5.97 Å². The maximum Gasteiger partial charge on any atom is 0.326 e. The van der Waals surface area contributed by atoms with Crippen molar-refractivity contribution in [1.82, 2.24) is 5.32 Å². The zero-order valence-corrected chi connectivity index (χ0v) is 12.7. The van der Waals surface area contributed by atoms with Gasteiger partial charge < -0.3 is 19.9 Å². The van der Waals surface area contributed by atoms with Crippen LogP contribution in [0.15, 0.2) is 24.3 Å². The van der Waals surface area contributed by atoms with Gasteiger partial charge in [-0.25, -0.2) is 4.79 Å². The molecular formula is C15H18N2O6. The number of aliphatic carboxylic acids is 1. The molecule has 124 valence electrons. The summed E-state index contributed by atoms with van der Waals surface area (Å²) in [6, 6.07) is 5.79. The summed E-state index contributed by atoms with van der Waals surface area (Å²) in [6.45, 7) is -0.219. The second kappa shape index (κ2) is 7.59. The van der Waals surface area contributed by atoms with E-state index in [2.05, 4.69) is 5.32 Å². The monoisotopic (exact) mass is 322 g/mol. The molecule has 0 aliphatic carbocycles. The van der Waals surface area contributed by atoms with E-state index in [0.29, 0.717) is 11.4 Å². The fourth-order valence-electron chi connectivity index (χ4n) is 2.20. The first-order valence-electron chi connectivity index (χ1n) is 7.06. The van der Waals surface area contributed by atoms with Crippen molar-refractivity contribution in [2.24, 2.45) is 0 Å². The maximum atomic E-state index is 12.1. The molecule has 8 nitrogen and oxygen atoms in total. The lowest BCUT2D eigenvalue weighted by molar-refractivity contribution is -0.142. The molecule has 2 amide bonds. The number of benzene rings is 1. The highest BCUT2D eigenvalue weighted by Crippen LogP contribution is 2.31. The molecule has 1 aliphatic rings. The number of hydrogen-bond acceptors (Lipinski definition) is 5. The van der Waals surface area contributed by atoms with Crippen LogP contribution in [-0.2, 0) is 19.1 Å². The minimum atomic E-state index is -1.15. The Balaban J connectivity index is 2.04. The van der Waals surface area contributed by atoms with E-state index in [4.69, 9.17) is 14.6 Å². The van der Waals surface area contributed by atoms with Crippen molar-refractivity contribution < 1.29 is 29.0 Å². The lowest BCUT2D eigenvalue weighted by atomic mass is 10.2. The Morgan fingerprint density at radius 3 is 2.87 bits per heavy atom. The van der Waals surface area contributed by atoms with Gasteiger partial charge in [0.1, 0.15) is 18.3 Å². The molecule has 2 rings (SSSR count). The van der Waals surface area contributed by atoms with Crippen molar-refractivity contribution in [3.63, 3.8) is 0 Å². The van der Waals surface area contributed by atoms with Gasteiger partial charge in [-0.2, -0.15) is 0 Å². The summed E-state index contributed by atoms with van der Waals surface area (Å²) in [5.74, 6) is -1.56. The lowest BCUT2D eigenvalue weighted by Gasteiger charge is -2.29. The molecule has 1 unspecified atom stereocenters. The van der Waals surface area contributed by atoms with Crippen LogP contribution in [0.25, 0.3) is 0 Å². The minimum Gasteiger partial charge on any atom is -0.482 e. The summed E-state index contributed by atoms with van der Waals surface area (Å²) in [6.07, 6.45) is 0.144. The van der Waals surface area contributed by atoms with Crippen LogP contribution in [0, 0.1) is 0 Å². The Morgan fingerprint density at radius 1 is 1.43 bits per heavy atom. The van der Waals surface area contributed by atoms with Crippen LogP contribution in [0.3, 0.4) is 0 Å². The number of nitrogens with zero attached hydrogens (tertiary/aromatic N) is 1. The van der Waals surface area contributed by atoms with Gasteiger partial charge in [0.25, 0.3) is 5.91 Å². The molecule has 0 saturated carbocycles.